The van der Waals surface area contributed by atoms with Gasteiger partial charge in [-0.1, -0.05) is 65.8 Å². The van der Waals surface area contributed by atoms with Gasteiger partial charge in [-0.05, 0) is 24.1 Å². The van der Waals surface area contributed by atoms with E-state index < -0.39 is 0 Å². The second-order valence-electron chi connectivity index (χ2n) is 4.02. The summed E-state index contributed by atoms with van der Waals surface area (Å²) < 4.78 is 0. The van der Waals surface area contributed by atoms with E-state index in [0.717, 1.165) is 16.7 Å². The highest BCUT2D eigenvalue weighted by Gasteiger charge is 2.05. The molecule has 0 aliphatic carbocycles. The van der Waals surface area contributed by atoms with Crippen LogP contribution in [0.25, 0.3) is 11.6 Å². The Morgan fingerprint density at radius 2 is 1.50 bits per heavy atom. The third-order valence-corrected chi connectivity index (χ3v) is 2.74. The van der Waals surface area contributed by atoms with Gasteiger partial charge in [-0.2, -0.15) is 0 Å². The van der Waals surface area contributed by atoms with Crippen LogP contribution >= 0.6 is 0 Å². The lowest BCUT2D eigenvalue weighted by atomic mass is 9.99. The van der Waals surface area contributed by atoms with Crippen molar-refractivity contribution < 1.29 is 5.21 Å². The summed E-state index contributed by atoms with van der Waals surface area (Å²) in [4.78, 5) is 0. The summed E-state index contributed by atoms with van der Waals surface area (Å²) in [5.41, 5.74) is 3.64. The van der Waals surface area contributed by atoms with E-state index in [-0.39, 0.29) is 0 Å². The molecule has 2 nitrogen and oxygen atoms in total. The number of hydrogen-bond donors (Lipinski definition) is 1. The molecular weight excluding hydrogens is 222 g/mol. The van der Waals surface area contributed by atoms with Gasteiger partial charge in [0, 0.05) is 5.57 Å². The van der Waals surface area contributed by atoms with Gasteiger partial charge in [0.15, 0.2) is 0 Å². The molecule has 0 atom stereocenters. The largest absolute Gasteiger partial charge is 0.411 e. The van der Waals surface area contributed by atoms with E-state index in [2.05, 4.69) is 5.16 Å². The molecule has 2 aromatic rings. The van der Waals surface area contributed by atoms with Gasteiger partial charge in [0.25, 0.3) is 0 Å². The van der Waals surface area contributed by atoms with E-state index in [1.165, 1.54) is 0 Å². The maximum atomic E-state index is 8.99. The third kappa shape index (κ3) is 2.86. The number of rotatable bonds is 3. The molecule has 90 valence electrons. The molecule has 2 aromatic carbocycles. The lowest BCUT2D eigenvalue weighted by Crippen LogP contribution is -1.96. The zero-order valence-electron chi connectivity index (χ0n) is 10.2. The normalized spacial score (nSPS) is 12.5. The molecule has 0 bridgehead atoms. The molecule has 0 aromatic heterocycles. The van der Waals surface area contributed by atoms with Gasteiger partial charge < -0.3 is 5.21 Å². The van der Waals surface area contributed by atoms with Crippen LogP contribution in [0.4, 0.5) is 0 Å². The predicted octanol–water partition coefficient (Wildman–Crippen LogP) is 4.08. The van der Waals surface area contributed by atoms with E-state index in [4.69, 9.17) is 5.21 Å². The smallest absolute Gasteiger partial charge is 0.0843 e. The third-order valence-electron chi connectivity index (χ3n) is 2.74. The van der Waals surface area contributed by atoms with E-state index in [9.17, 15) is 0 Å². The zero-order chi connectivity index (χ0) is 12.8. The van der Waals surface area contributed by atoms with Crippen molar-refractivity contribution in [1.29, 1.82) is 0 Å². The molecule has 0 spiro atoms. The van der Waals surface area contributed by atoms with Crippen molar-refractivity contribution in [3.8, 4) is 0 Å². The van der Waals surface area contributed by atoms with Gasteiger partial charge >= 0.3 is 0 Å². The minimum atomic E-state index is 0.602. The zero-order valence-corrected chi connectivity index (χ0v) is 10.2. The topological polar surface area (TPSA) is 32.6 Å². The Kier molecular flexibility index (Phi) is 3.92. The van der Waals surface area contributed by atoms with Crippen LogP contribution in [-0.4, -0.2) is 10.9 Å². The second kappa shape index (κ2) is 5.82. The molecule has 0 fully saturated rings. The molecule has 0 aliphatic rings. The van der Waals surface area contributed by atoms with E-state index in [0.29, 0.717) is 5.71 Å². The van der Waals surface area contributed by atoms with Crippen LogP contribution in [0.15, 0.2) is 65.8 Å². The van der Waals surface area contributed by atoms with Gasteiger partial charge in [0.05, 0.1) is 5.71 Å². The second-order valence-corrected chi connectivity index (χ2v) is 4.02. The molecule has 0 saturated carbocycles. The standard InChI is InChI=1S/C16H15NO/c1-13(17-18)16(15-10-6-3-7-11-15)12-14-8-4-2-5-9-14/h2-12,18H,1H3/b16-12+,17-13+. The number of allylic oxidation sites excluding steroid dienone is 1. The van der Waals surface area contributed by atoms with Crippen molar-refractivity contribution in [1.82, 2.24) is 0 Å². The van der Waals surface area contributed by atoms with Crippen molar-refractivity contribution in [3.63, 3.8) is 0 Å². The lowest BCUT2D eigenvalue weighted by molar-refractivity contribution is 0.319. The molecule has 0 unspecified atom stereocenters. The van der Waals surface area contributed by atoms with Crippen LogP contribution in [0.1, 0.15) is 18.1 Å². The highest BCUT2D eigenvalue weighted by molar-refractivity contribution is 6.26. The van der Waals surface area contributed by atoms with Crippen LogP contribution in [-0.2, 0) is 0 Å². The Bertz CT molecular complexity index is 556. The van der Waals surface area contributed by atoms with Gasteiger partial charge in [0.2, 0.25) is 0 Å². The maximum absolute atomic E-state index is 8.99. The van der Waals surface area contributed by atoms with Gasteiger partial charge in [-0.15, -0.1) is 0 Å². The summed E-state index contributed by atoms with van der Waals surface area (Å²) in [5, 5.41) is 12.3. The molecule has 0 amide bonds. The molecule has 1 N–H and O–H groups in total. The van der Waals surface area contributed by atoms with Crippen LogP contribution in [0, 0.1) is 0 Å². The fourth-order valence-corrected chi connectivity index (χ4v) is 1.78. The Balaban J connectivity index is 2.48. The number of oxime groups is 1. The molecule has 2 rings (SSSR count). The summed E-state index contributed by atoms with van der Waals surface area (Å²) in [6.07, 6.45) is 2.02. The molecule has 2 heteroatoms. The van der Waals surface area contributed by atoms with Crippen molar-refractivity contribution >= 4 is 17.4 Å². The summed E-state index contributed by atoms with van der Waals surface area (Å²) in [6.45, 7) is 1.79. The molecule has 0 aliphatic heterocycles. The summed E-state index contributed by atoms with van der Waals surface area (Å²) in [5.74, 6) is 0. The monoisotopic (exact) mass is 237 g/mol. The SMILES string of the molecule is CC(=N\O)/C(=C\c1ccccc1)c1ccccc1. The van der Waals surface area contributed by atoms with Crippen molar-refractivity contribution in [3.05, 3.63) is 71.8 Å². The summed E-state index contributed by atoms with van der Waals surface area (Å²) in [6, 6.07) is 19.9. The Hall–Kier alpha value is -2.35. The van der Waals surface area contributed by atoms with Crippen LogP contribution in [0.3, 0.4) is 0 Å². The Labute approximate surface area is 107 Å². The van der Waals surface area contributed by atoms with E-state index in [1.807, 2.05) is 66.7 Å². The van der Waals surface area contributed by atoms with Crippen molar-refractivity contribution in [2.24, 2.45) is 5.16 Å². The lowest BCUT2D eigenvalue weighted by Gasteiger charge is -2.06. The summed E-state index contributed by atoms with van der Waals surface area (Å²) >= 11 is 0. The van der Waals surface area contributed by atoms with Gasteiger partial charge in [-0.25, -0.2) is 0 Å². The average Bonchev–Trinajstić information content (AvgIpc) is 2.46. The highest BCUT2D eigenvalue weighted by Crippen LogP contribution is 2.19. The molecule has 0 saturated heterocycles. The molecule has 0 heterocycles. The quantitative estimate of drug-likeness (QED) is 0.371. The van der Waals surface area contributed by atoms with Crippen molar-refractivity contribution in [2.75, 3.05) is 0 Å². The van der Waals surface area contributed by atoms with Crippen molar-refractivity contribution in [2.45, 2.75) is 6.92 Å². The van der Waals surface area contributed by atoms with Crippen LogP contribution in [0.2, 0.25) is 0 Å². The van der Waals surface area contributed by atoms with Gasteiger partial charge in [0.1, 0.15) is 0 Å². The average molecular weight is 237 g/mol. The van der Waals surface area contributed by atoms with Crippen LogP contribution < -0.4 is 0 Å². The summed E-state index contributed by atoms with van der Waals surface area (Å²) in [7, 11) is 0. The first kappa shape index (κ1) is 12.1. The fourth-order valence-electron chi connectivity index (χ4n) is 1.78. The predicted molar refractivity (Wildman–Crippen MR) is 75.7 cm³/mol. The minimum Gasteiger partial charge on any atom is -0.411 e. The van der Waals surface area contributed by atoms with Gasteiger partial charge in [-0.3, -0.25) is 0 Å². The van der Waals surface area contributed by atoms with E-state index >= 15 is 0 Å². The Morgan fingerprint density at radius 1 is 0.944 bits per heavy atom. The van der Waals surface area contributed by atoms with E-state index in [1.54, 1.807) is 6.92 Å². The first-order valence-electron chi connectivity index (χ1n) is 5.82. The molecule has 18 heavy (non-hydrogen) atoms. The highest BCUT2D eigenvalue weighted by atomic mass is 16.4. The molecule has 0 radical (unpaired) electrons. The minimum absolute atomic E-state index is 0.602. The first-order valence-corrected chi connectivity index (χ1v) is 5.82. The maximum Gasteiger partial charge on any atom is 0.0843 e. The fraction of sp³-hybridized carbons (Fsp3) is 0.0625. The number of hydrogen-bond acceptors (Lipinski definition) is 2. The number of nitrogens with zero attached hydrogens (tertiary/aromatic N) is 1. The van der Waals surface area contributed by atoms with Crippen LogP contribution in [0.5, 0.6) is 0 Å². The Morgan fingerprint density at radius 3 is 2.06 bits per heavy atom. The molecular formula is C16H15NO. The number of benzene rings is 2. The first-order chi connectivity index (χ1) is 8.81.